The highest BCUT2D eigenvalue weighted by Crippen LogP contribution is 2.43. The Labute approximate surface area is 188 Å². The van der Waals surface area contributed by atoms with E-state index >= 15 is 0 Å². The monoisotopic (exact) mass is 430 g/mol. The van der Waals surface area contributed by atoms with Crippen LogP contribution in [0.2, 0.25) is 0 Å². The summed E-state index contributed by atoms with van der Waals surface area (Å²) in [6, 6.07) is 15.0. The molecule has 166 valence electrons. The first-order valence-corrected chi connectivity index (χ1v) is 11.5. The summed E-state index contributed by atoms with van der Waals surface area (Å²) in [6.07, 6.45) is 2.47. The average molecular weight is 431 g/mol. The average Bonchev–Trinajstić information content (AvgIpc) is 3.50. The number of aryl methyl sites for hydroxylation is 1. The number of amides is 2. The molecular formula is C26H30N4O2. The second-order valence-corrected chi connectivity index (χ2v) is 8.93. The fraction of sp³-hybridized carbons (Fsp3) is 0.385. The molecule has 0 saturated carbocycles. The van der Waals surface area contributed by atoms with Crippen molar-refractivity contribution in [3.05, 3.63) is 70.9 Å². The topological polar surface area (TPSA) is 68.4 Å². The number of H-pyrrole nitrogens is 1. The Bertz CT molecular complexity index is 1160. The van der Waals surface area contributed by atoms with Crippen LogP contribution in [0.3, 0.4) is 0 Å². The van der Waals surface area contributed by atoms with Crippen LogP contribution in [0.25, 0.3) is 10.9 Å². The molecule has 2 aliphatic heterocycles. The van der Waals surface area contributed by atoms with E-state index < -0.39 is 6.04 Å². The highest BCUT2D eigenvalue weighted by molar-refractivity contribution is 6.03. The summed E-state index contributed by atoms with van der Waals surface area (Å²) >= 11 is 0. The Morgan fingerprint density at radius 1 is 1.12 bits per heavy atom. The summed E-state index contributed by atoms with van der Waals surface area (Å²) in [6.45, 7) is 7.55. The number of nitrogens with zero attached hydrogens (tertiary/aromatic N) is 2. The normalized spacial score (nSPS) is 19.5. The summed E-state index contributed by atoms with van der Waals surface area (Å²) in [5.41, 5.74) is 4.77. The molecule has 0 bridgehead atoms. The number of hydrogen-bond donors (Lipinski definition) is 2. The second-order valence-electron chi connectivity index (χ2n) is 8.93. The first kappa shape index (κ1) is 20.8. The number of aromatic amines is 1. The van der Waals surface area contributed by atoms with E-state index in [4.69, 9.17) is 0 Å². The van der Waals surface area contributed by atoms with E-state index in [1.165, 1.54) is 12.8 Å². The van der Waals surface area contributed by atoms with Gasteiger partial charge in [0.1, 0.15) is 6.04 Å². The van der Waals surface area contributed by atoms with Gasteiger partial charge in [0.2, 0.25) is 5.91 Å². The number of benzene rings is 2. The fourth-order valence-electron chi connectivity index (χ4n) is 5.30. The maximum absolute atomic E-state index is 13.5. The molecule has 0 spiro atoms. The van der Waals surface area contributed by atoms with Crippen LogP contribution in [0.4, 0.5) is 0 Å². The molecule has 2 aromatic carbocycles. The summed E-state index contributed by atoms with van der Waals surface area (Å²) in [5, 5.41) is 4.16. The first-order valence-electron chi connectivity index (χ1n) is 11.5. The van der Waals surface area contributed by atoms with E-state index in [9.17, 15) is 9.59 Å². The summed E-state index contributed by atoms with van der Waals surface area (Å²) in [4.78, 5) is 34.2. The van der Waals surface area contributed by atoms with E-state index in [1.54, 1.807) is 4.90 Å². The number of hydrogen-bond acceptors (Lipinski definition) is 3. The smallest absolute Gasteiger partial charge is 0.255 e. The minimum atomic E-state index is -0.577. The second kappa shape index (κ2) is 8.43. The quantitative estimate of drug-likeness (QED) is 0.628. The van der Waals surface area contributed by atoms with Crippen molar-refractivity contribution in [1.29, 1.82) is 0 Å². The van der Waals surface area contributed by atoms with Gasteiger partial charge in [0.05, 0.1) is 6.04 Å². The maximum Gasteiger partial charge on any atom is 0.255 e. The Morgan fingerprint density at radius 3 is 2.66 bits per heavy atom. The fourth-order valence-corrected chi connectivity index (χ4v) is 5.30. The lowest BCUT2D eigenvalue weighted by atomic mass is 9.95. The van der Waals surface area contributed by atoms with Gasteiger partial charge in [-0.3, -0.25) is 9.59 Å². The van der Waals surface area contributed by atoms with Crippen molar-refractivity contribution in [2.75, 3.05) is 26.2 Å². The predicted octanol–water partition coefficient (Wildman–Crippen LogP) is 3.62. The van der Waals surface area contributed by atoms with Gasteiger partial charge in [0.15, 0.2) is 0 Å². The third-order valence-electron chi connectivity index (χ3n) is 6.94. The van der Waals surface area contributed by atoms with Crippen LogP contribution in [0.5, 0.6) is 0 Å². The standard InChI is InChI=1S/C26H30N4O2/c1-17-23(21-11-5-6-12-22(21)28-17)24-19-9-3-4-10-20(19)26(32)30(24)18(2)25(31)27-13-16-29-14-7-8-15-29/h3-6,9-12,18,24,28H,7-8,13-16H2,1-2H3,(H,27,31). The van der Waals surface area contributed by atoms with Gasteiger partial charge in [0, 0.05) is 40.8 Å². The molecule has 1 fully saturated rings. The van der Waals surface area contributed by atoms with Crippen molar-refractivity contribution in [3.63, 3.8) is 0 Å². The number of fused-ring (bicyclic) bond motifs is 2. The van der Waals surface area contributed by atoms with Gasteiger partial charge in [-0.25, -0.2) is 0 Å². The zero-order chi connectivity index (χ0) is 22.2. The zero-order valence-corrected chi connectivity index (χ0v) is 18.7. The van der Waals surface area contributed by atoms with Crippen molar-refractivity contribution in [1.82, 2.24) is 20.1 Å². The highest BCUT2D eigenvalue weighted by Gasteiger charge is 2.43. The summed E-state index contributed by atoms with van der Waals surface area (Å²) in [7, 11) is 0. The van der Waals surface area contributed by atoms with E-state index in [0.29, 0.717) is 12.1 Å². The lowest BCUT2D eigenvalue weighted by Gasteiger charge is -2.31. The van der Waals surface area contributed by atoms with Crippen LogP contribution in [-0.4, -0.2) is 58.8 Å². The molecule has 6 heteroatoms. The van der Waals surface area contributed by atoms with Gasteiger partial charge in [-0.15, -0.1) is 0 Å². The molecule has 32 heavy (non-hydrogen) atoms. The van der Waals surface area contributed by atoms with Crippen molar-refractivity contribution in [2.45, 2.75) is 38.8 Å². The number of rotatable bonds is 6. The molecule has 2 N–H and O–H groups in total. The number of nitrogens with one attached hydrogen (secondary N) is 2. The number of likely N-dealkylation sites (tertiary alicyclic amines) is 1. The van der Waals surface area contributed by atoms with Crippen LogP contribution in [0.15, 0.2) is 48.5 Å². The summed E-state index contributed by atoms with van der Waals surface area (Å²) < 4.78 is 0. The van der Waals surface area contributed by atoms with Gasteiger partial charge >= 0.3 is 0 Å². The number of aromatic nitrogens is 1. The van der Waals surface area contributed by atoms with Crippen molar-refractivity contribution in [2.24, 2.45) is 0 Å². The summed E-state index contributed by atoms with van der Waals surface area (Å²) in [5.74, 6) is -0.190. The molecule has 0 radical (unpaired) electrons. The maximum atomic E-state index is 13.5. The highest BCUT2D eigenvalue weighted by atomic mass is 16.2. The number of carbonyl (C=O) groups is 2. The first-order chi connectivity index (χ1) is 15.6. The third kappa shape index (κ3) is 3.48. The molecule has 0 aliphatic carbocycles. The predicted molar refractivity (Wildman–Crippen MR) is 126 cm³/mol. The number of para-hydroxylation sites is 1. The Morgan fingerprint density at radius 2 is 1.84 bits per heavy atom. The molecule has 2 aliphatic rings. The van der Waals surface area contributed by atoms with Crippen LogP contribution in [-0.2, 0) is 4.79 Å². The van der Waals surface area contributed by atoms with Gasteiger partial charge < -0.3 is 20.1 Å². The molecule has 2 amide bonds. The molecule has 3 heterocycles. The number of carbonyl (C=O) groups excluding carboxylic acids is 2. The van der Waals surface area contributed by atoms with Gasteiger partial charge in [0.25, 0.3) is 5.91 Å². The zero-order valence-electron chi connectivity index (χ0n) is 18.7. The molecule has 2 atom stereocenters. The minimum absolute atomic E-state index is 0.0857. The molecule has 1 saturated heterocycles. The van der Waals surface area contributed by atoms with E-state index in [-0.39, 0.29) is 17.9 Å². The van der Waals surface area contributed by atoms with Crippen LogP contribution in [0, 0.1) is 6.92 Å². The largest absolute Gasteiger partial charge is 0.358 e. The Balaban J connectivity index is 1.46. The van der Waals surface area contributed by atoms with Crippen LogP contribution < -0.4 is 5.32 Å². The Hall–Kier alpha value is -3.12. The minimum Gasteiger partial charge on any atom is -0.358 e. The van der Waals surface area contributed by atoms with E-state index in [0.717, 1.165) is 47.4 Å². The van der Waals surface area contributed by atoms with Crippen molar-refractivity contribution in [3.8, 4) is 0 Å². The molecule has 1 aromatic heterocycles. The SMILES string of the molecule is Cc1[nH]c2ccccc2c1C1c2ccccc2C(=O)N1C(C)C(=O)NCCN1CCCC1. The molecule has 3 aromatic rings. The van der Waals surface area contributed by atoms with Crippen LogP contribution >= 0.6 is 0 Å². The van der Waals surface area contributed by atoms with Gasteiger partial charge in [-0.2, -0.15) is 0 Å². The van der Waals surface area contributed by atoms with Gasteiger partial charge in [-0.05, 0) is 57.5 Å². The van der Waals surface area contributed by atoms with Crippen molar-refractivity contribution >= 4 is 22.7 Å². The third-order valence-corrected chi connectivity index (χ3v) is 6.94. The van der Waals surface area contributed by atoms with E-state index in [1.807, 2.05) is 56.3 Å². The molecule has 5 rings (SSSR count). The molecule has 2 unspecified atom stereocenters. The van der Waals surface area contributed by atoms with Gasteiger partial charge in [-0.1, -0.05) is 36.4 Å². The Kier molecular flexibility index (Phi) is 5.47. The lowest BCUT2D eigenvalue weighted by Crippen LogP contribution is -2.48. The van der Waals surface area contributed by atoms with Crippen LogP contribution in [0.1, 0.15) is 53.0 Å². The lowest BCUT2D eigenvalue weighted by molar-refractivity contribution is -0.125. The van der Waals surface area contributed by atoms with Crippen molar-refractivity contribution < 1.29 is 9.59 Å². The van der Waals surface area contributed by atoms with E-state index in [2.05, 4.69) is 21.3 Å². The molecule has 6 nitrogen and oxygen atoms in total. The molecular weight excluding hydrogens is 400 g/mol.